The van der Waals surface area contributed by atoms with Gasteiger partial charge < -0.3 is 10.5 Å². The Morgan fingerprint density at radius 3 is 2.94 bits per heavy atom. The van der Waals surface area contributed by atoms with Crippen molar-refractivity contribution >= 4 is 17.4 Å². The molecule has 3 heteroatoms. The van der Waals surface area contributed by atoms with Crippen molar-refractivity contribution in [3.63, 3.8) is 0 Å². The summed E-state index contributed by atoms with van der Waals surface area (Å²) in [5.74, 6) is 1.78. The maximum absolute atomic E-state index is 6.06. The number of nitrogen functional groups attached to an aromatic ring is 1. The third kappa shape index (κ3) is 3.58. The molecule has 0 spiro atoms. The maximum Gasteiger partial charge on any atom is 0.120 e. The molecule has 2 nitrogen and oxygen atoms in total. The highest BCUT2D eigenvalue weighted by Gasteiger charge is 2.20. The summed E-state index contributed by atoms with van der Waals surface area (Å²) in [6, 6.07) is 5.99. The lowest BCUT2D eigenvalue weighted by Gasteiger charge is -2.26. The first kappa shape index (κ1) is 13.6. The van der Waals surface area contributed by atoms with Gasteiger partial charge in [0.2, 0.25) is 0 Å². The number of rotatable bonds is 4. The number of thioether (sulfide) groups is 1. The summed E-state index contributed by atoms with van der Waals surface area (Å²) in [7, 11) is 0. The lowest BCUT2D eigenvalue weighted by atomic mass is 9.91. The highest BCUT2D eigenvalue weighted by atomic mass is 32.2. The first-order valence-electron chi connectivity index (χ1n) is 6.88. The fourth-order valence-electron chi connectivity index (χ4n) is 2.54. The van der Waals surface area contributed by atoms with E-state index in [1.807, 2.05) is 30.8 Å². The second-order valence-electron chi connectivity index (χ2n) is 5.14. The Hall–Kier alpha value is -0.830. The van der Waals surface area contributed by atoms with Crippen LogP contribution in [0.3, 0.4) is 0 Å². The minimum atomic E-state index is 0.703. The van der Waals surface area contributed by atoms with Crippen molar-refractivity contribution in [2.24, 2.45) is 5.92 Å². The zero-order valence-electron chi connectivity index (χ0n) is 11.3. The molecule has 2 rings (SSSR count). The third-order valence-electron chi connectivity index (χ3n) is 3.48. The predicted molar refractivity (Wildman–Crippen MR) is 79.3 cm³/mol. The minimum Gasteiger partial charge on any atom is -0.494 e. The molecular formula is C15H23NOS. The van der Waals surface area contributed by atoms with Crippen molar-refractivity contribution in [2.45, 2.75) is 49.7 Å². The van der Waals surface area contributed by atoms with E-state index in [0.717, 1.165) is 17.4 Å². The Kier molecular flexibility index (Phi) is 4.81. The van der Waals surface area contributed by atoms with Gasteiger partial charge in [0.05, 0.1) is 6.61 Å². The van der Waals surface area contributed by atoms with E-state index in [2.05, 4.69) is 13.0 Å². The van der Waals surface area contributed by atoms with E-state index in [0.29, 0.717) is 11.9 Å². The van der Waals surface area contributed by atoms with E-state index in [4.69, 9.17) is 10.5 Å². The molecule has 0 saturated heterocycles. The summed E-state index contributed by atoms with van der Waals surface area (Å²) in [6.45, 7) is 5.06. The molecule has 0 radical (unpaired) electrons. The van der Waals surface area contributed by atoms with Gasteiger partial charge in [0.15, 0.2) is 0 Å². The van der Waals surface area contributed by atoms with Crippen molar-refractivity contribution in [1.29, 1.82) is 0 Å². The summed E-state index contributed by atoms with van der Waals surface area (Å²) in [5.41, 5.74) is 6.94. The van der Waals surface area contributed by atoms with Crippen LogP contribution >= 0.6 is 11.8 Å². The largest absolute Gasteiger partial charge is 0.494 e. The average molecular weight is 265 g/mol. The zero-order valence-corrected chi connectivity index (χ0v) is 12.1. The Labute approximate surface area is 114 Å². The fourth-order valence-corrected chi connectivity index (χ4v) is 3.99. The number of anilines is 1. The smallest absolute Gasteiger partial charge is 0.120 e. The quantitative estimate of drug-likeness (QED) is 0.823. The monoisotopic (exact) mass is 265 g/mol. The molecule has 1 aromatic rings. The molecule has 100 valence electrons. The van der Waals surface area contributed by atoms with Crippen LogP contribution in [-0.4, -0.2) is 11.9 Å². The number of nitrogens with two attached hydrogens (primary N) is 1. The number of hydrogen-bond acceptors (Lipinski definition) is 3. The standard InChI is InChI=1S/C15H23NOS/c1-3-17-12-7-8-14(16)15(10-12)18-13-6-4-5-11(2)9-13/h7-8,10-11,13H,3-6,9,16H2,1-2H3. The normalized spacial score (nSPS) is 23.9. The van der Waals surface area contributed by atoms with Crippen LogP contribution in [0.25, 0.3) is 0 Å². The van der Waals surface area contributed by atoms with Crippen molar-refractivity contribution in [1.82, 2.24) is 0 Å². The average Bonchev–Trinajstić information content (AvgIpc) is 2.34. The molecule has 0 aromatic heterocycles. The van der Waals surface area contributed by atoms with Crippen molar-refractivity contribution < 1.29 is 4.74 Å². The van der Waals surface area contributed by atoms with Crippen LogP contribution in [0, 0.1) is 5.92 Å². The highest BCUT2D eigenvalue weighted by Crippen LogP contribution is 2.39. The molecule has 18 heavy (non-hydrogen) atoms. The Bertz CT molecular complexity index is 394. The van der Waals surface area contributed by atoms with E-state index in [-0.39, 0.29) is 0 Å². The van der Waals surface area contributed by atoms with Crippen LogP contribution < -0.4 is 10.5 Å². The van der Waals surface area contributed by atoms with Gasteiger partial charge in [-0.3, -0.25) is 0 Å². The first-order valence-corrected chi connectivity index (χ1v) is 7.76. The minimum absolute atomic E-state index is 0.703. The SMILES string of the molecule is CCOc1ccc(N)c(SC2CCCC(C)C2)c1. The molecule has 0 bridgehead atoms. The number of hydrogen-bond donors (Lipinski definition) is 1. The van der Waals surface area contributed by atoms with Gasteiger partial charge in [0.1, 0.15) is 5.75 Å². The summed E-state index contributed by atoms with van der Waals surface area (Å²) in [4.78, 5) is 1.18. The molecule has 1 saturated carbocycles. The second kappa shape index (κ2) is 6.37. The van der Waals surface area contributed by atoms with Crippen molar-refractivity contribution in [3.8, 4) is 5.75 Å². The number of ether oxygens (including phenoxy) is 1. The van der Waals surface area contributed by atoms with Gasteiger partial charge in [-0.25, -0.2) is 0 Å². The van der Waals surface area contributed by atoms with Crippen LogP contribution in [-0.2, 0) is 0 Å². The molecule has 0 amide bonds. The van der Waals surface area contributed by atoms with Gasteiger partial charge in [-0.2, -0.15) is 0 Å². The summed E-state index contributed by atoms with van der Waals surface area (Å²) >= 11 is 1.93. The zero-order chi connectivity index (χ0) is 13.0. The van der Waals surface area contributed by atoms with E-state index >= 15 is 0 Å². The van der Waals surface area contributed by atoms with Crippen LogP contribution in [0.1, 0.15) is 39.5 Å². The van der Waals surface area contributed by atoms with Crippen LogP contribution in [0.15, 0.2) is 23.1 Å². The summed E-state index contributed by atoms with van der Waals surface area (Å²) in [5, 5.41) is 0.716. The number of benzene rings is 1. The van der Waals surface area contributed by atoms with Gasteiger partial charge in [0, 0.05) is 15.8 Å². The third-order valence-corrected chi connectivity index (χ3v) is 4.85. The second-order valence-corrected chi connectivity index (χ2v) is 6.49. The summed E-state index contributed by atoms with van der Waals surface area (Å²) in [6.07, 6.45) is 5.35. The molecule has 0 aliphatic heterocycles. The Morgan fingerprint density at radius 1 is 1.39 bits per heavy atom. The molecular weight excluding hydrogens is 242 g/mol. The fraction of sp³-hybridized carbons (Fsp3) is 0.600. The Morgan fingerprint density at radius 2 is 2.22 bits per heavy atom. The van der Waals surface area contributed by atoms with Crippen molar-refractivity contribution in [3.05, 3.63) is 18.2 Å². The van der Waals surface area contributed by atoms with E-state index in [1.165, 1.54) is 30.6 Å². The molecule has 2 unspecified atom stereocenters. The van der Waals surface area contributed by atoms with E-state index in [9.17, 15) is 0 Å². The van der Waals surface area contributed by atoms with Crippen LogP contribution in [0.4, 0.5) is 5.69 Å². The molecule has 2 atom stereocenters. The van der Waals surface area contributed by atoms with E-state index < -0.39 is 0 Å². The first-order chi connectivity index (χ1) is 8.69. The van der Waals surface area contributed by atoms with Crippen molar-refractivity contribution in [2.75, 3.05) is 12.3 Å². The highest BCUT2D eigenvalue weighted by molar-refractivity contribution is 8.00. The molecule has 1 aliphatic carbocycles. The topological polar surface area (TPSA) is 35.2 Å². The lowest BCUT2D eigenvalue weighted by Crippen LogP contribution is -2.15. The Balaban J connectivity index is 2.05. The van der Waals surface area contributed by atoms with Gasteiger partial charge in [0.25, 0.3) is 0 Å². The molecule has 1 fully saturated rings. The molecule has 1 aromatic carbocycles. The van der Waals surface area contributed by atoms with Gasteiger partial charge in [-0.05, 0) is 43.9 Å². The predicted octanol–water partition coefficient (Wildman–Crippen LogP) is 4.34. The van der Waals surface area contributed by atoms with Gasteiger partial charge in [-0.1, -0.05) is 19.8 Å². The van der Waals surface area contributed by atoms with E-state index in [1.54, 1.807) is 0 Å². The van der Waals surface area contributed by atoms with Gasteiger partial charge >= 0.3 is 0 Å². The molecule has 0 heterocycles. The van der Waals surface area contributed by atoms with Crippen LogP contribution in [0.2, 0.25) is 0 Å². The maximum atomic E-state index is 6.06. The molecule has 1 aliphatic rings. The summed E-state index contributed by atoms with van der Waals surface area (Å²) < 4.78 is 5.54. The van der Waals surface area contributed by atoms with Crippen LogP contribution in [0.5, 0.6) is 5.75 Å². The lowest BCUT2D eigenvalue weighted by molar-refractivity contribution is 0.339. The molecule has 2 N–H and O–H groups in total. The van der Waals surface area contributed by atoms with Gasteiger partial charge in [-0.15, -0.1) is 11.8 Å².